The fourth-order valence-corrected chi connectivity index (χ4v) is 3.92. The Labute approximate surface area is 164 Å². The Kier molecular flexibility index (Phi) is 5.48. The Bertz CT molecular complexity index is 878. The van der Waals surface area contributed by atoms with E-state index in [0.29, 0.717) is 35.6 Å². The monoisotopic (exact) mass is 384 g/mol. The minimum absolute atomic E-state index is 0.202. The van der Waals surface area contributed by atoms with E-state index < -0.39 is 0 Å². The quantitative estimate of drug-likeness (QED) is 0.816. The van der Waals surface area contributed by atoms with Crippen molar-refractivity contribution in [3.63, 3.8) is 0 Å². The number of nitrogens with one attached hydrogen (secondary N) is 2. The number of fused-ring (bicyclic) bond motifs is 1. The molecular weight excluding hydrogens is 359 g/mol. The molecule has 0 bridgehead atoms. The van der Waals surface area contributed by atoms with Gasteiger partial charge in [0.1, 0.15) is 5.82 Å². The number of amides is 1. The summed E-state index contributed by atoms with van der Waals surface area (Å²) in [6, 6.07) is 8.55. The van der Waals surface area contributed by atoms with Gasteiger partial charge in [-0.2, -0.15) is 0 Å². The lowest BCUT2D eigenvalue weighted by molar-refractivity contribution is 0.102. The van der Waals surface area contributed by atoms with E-state index in [1.807, 2.05) is 6.07 Å². The molecular formula is C22H25FN2O3. The molecule has 2 aliphatic rings. The molecule has 2 aromatic carbocycles. The average molecular weight is 384 g/mol. The number of methoxy groups -OCH3 is 1. The number of hydrogen-bond acceptors (Lipinski definition) is 4. The summed E-state index contributed by atoms with van der Waals surface area (Å²) in [5, 5.41) is 5.91. The lowest BCUT2D eigenvalue weighted by atomic mass is 9.99. The van der Waals surface area contributed by atoms with Crippen molar-refractivity contribution in [3.05, 3.63) is 52.8 Å². The summed E-state index contributed by atoms with van der Waals surface area (Å²) in [6.07, 6.45) is 5.25. The van der Waals surface area contributed by atoms with Gasteiger partial charge in [0.2, 0.25) is 0 Å². The molecule has 148 valence electrons. The topological polar surface area (TPSA) is 59.6 Å². The van der Waals surface area contributed by atoms with Gasteiger partial charge in [-0.15, -0.1) is 0 Å². The maximum atomic E-state index is 14.8. The molecule has 1 saturated carbocycles. The smallest absolute Gasteiger partial charge is 0.255 e. The first kappa shape index (κ1) is 18.7. The van der Waals surface area contributed by atoms with Crippen LogP contribution in [0.3, 0.4) is 0 Å². The average Bonchev–Trinajstić information content (AvgIpc) is 3.23. The summed E-state index contributed by atoms with van der Waals surface area (Å²) < 4.78 is 26.2. The molecule has 0 saturated heterocycles. The zero-order valence-corrected chi connectivity index (χ0v) is 16.0. The molecule has 1 aliphatic carbocycles. The molecule has 0 radical (unpaired) electrons. The van der Waals surface area contributed by atoms with Crippen molar-refractivity contribution in [3.8, 4) is 11.5 Å². The van der Waals surface area contributed by atoms with Crippen LogP contribution in [0.1, 0.15) is 47.2 Å². The van der Waals surface area contributed by atoms with Gasteiger partial charge in [-0.3, -0.25) is 4.79 Å². The molecule has 0 aromatic heterocycles. The minimum atomic E-state index is -0.376. The van der Waals surface area contributed by atoms with E-state index >= 15 is 0 Å². The molecule has 0 unspecified atom stereocenters. The lowest BCUT2D eigenvalue weighted by Gasteiger charge is -2.19. The molecule has 4 rings (SSSR count). The van der Waals surface area contributed by atoms with Crippen molar-refractivity contribution in [2.75, 3.05) is 19.0 Å². The Morgan fingerprint density at radius 1 is 1.18 bits per heavy atom. The van der Waals surface area contributed by atoms with Gasteiger partial charge in [0.05, 0.1) is 18.9 Å². The Morgan fingerprint density at radius 2 is 2.00 bits per heavy atom. The molecule has 28 heavy (non-hydrogen) atoms. The van der Waals surface area contributed by atoms with E-state index in [9.17, 15) is 9.18 Å². The van der Waals surface area contributed by atoms with Crippen molar-refractivity contribution in [1.29, 1.82) is 0 Å². The molecule has 0 atom stereocenters. The van der Waals surface area contributed by atoms with Crippen molar-refractivity contribution >= 4 is 11.6 Å². The second kappa shape index (κ2) is 8.19. The number of hydrogen-bond donors (Lipinski definition) is 2. The van der Waals surface area contributed by atoms with Crippen molar-refractivity contribution < 1.29 is 18.7 Å². The van der Waals surface area contributed by atoms with Gasteiger partial charge in [-0.1, -0.05) is 6.07 Å². The number of benzene rings is 2. The van der Waals surface area contributed by atoms with Gasteiger partial charge in [0, 0.05) is 12.1 Å². The first-order chi connectivity index (χ1) is 13.7. The van der Waals surface area contributed by atoms with Crippen LogP contribution in [0.4, 0.5) is 10.1 Å². The van der Waals surface area contributed by atoms with Gasteiger partial charge in [0.25, 0.3) is 5.91 Å². The lowest BCUT2D eigenvalue weighted by Crippen LogP contribution is -2.25. The Hall–Kier alpha value is -2.60. The van der Waals surface area contributed by atoms with Crippen molar-refractivity contribution in [2.24, 2.45) is 0 Å². The highest BCUT2D eigenvalue weighted by Crippen LogP contribution is 2.33. The fourth-order valence-electron chi connectivity index (χ4n) is 3.92. The number of ether oxygens (including phenoxy) is 2. The number of halogens is 1. The molecule has 2 N–H and O–H groups in total. The summed E-state index contributed by atoms with van der Waals surface area (Å²) in [6.45, 7) is 1.39. The first-order valence-electron chi connectivity index (χ1n) is 9.82. The molecule has 0 spiro atoms. The van der Waals surface area contributed by atoms with Gasteiger partial charge in [-0.05, 0) is 74.0 Å². The maximum Gasteiger partial charge on any atom is 0.255 e. The minimum Gasteiger partial charge on any atom is -0.493 e. The number of carbonyl (C=O) groups is 1. The van der Waals surface area contributed by atoms with E-state index in [-0.39, 0.29) is 23.5 Å². The molecule has 1 aliphatic heterocycles. The van der Waals surface area contributed by atoms with Gasteiger partial charge in [0.15, 0.2) is 11.5 Å². The Balaban J connectivity index is 1.51. The predicted molar refractivity (Wildman–Crippen MR) is 106 cm³/mol. The third-order valence-corrected chi connectivity index (χ3v) is 5.48. The van der Waals surface area contributed by atoms with Crippen molar-refractivity contribution in [2.45, 2.75) is 44.8 Å². The van der Waals surface area contributed by atoms with E-state index in [2.05, 4.69) is 10.6 Å². The molecule has 1 fully saturated rings. The highest BCUT2D eigenvalue weighted by atomic mass is 19.1. The molecule has 1 amide bonds. The van der Waals surface area contributed by atoms with E-state index in [4.69, 9.17) is 9.47 Å². The molecule has 5 nitrogen and oxygen atoms in total. The van der Waals surface area contributed by atoms with Crippen LogP contribution in [0.15, 0.2) is 30.3 Å². The van der Waals surface area contributed by atoms with Crippen LogP contribution in [-0.2, 0) is 13.0 Å². The maximum absolute atomic E-state index is 14.8. The van der Waals surface area contributed by atoms with Crippen LogP contribution in [0, 0.1) is 5.82 Å². The van der Waals surface area contributed by atoms with Crippen LogP contribution in [0.5, 0.6) is 11.5 Å². The third-order valence-electron chi connectivity index (χ3n) is 5.48. The van der Waals surface area contributed by atoms with Crippen molar-refractivity contribution in [1.82, 2.24) is 5.32 Å². The van der Waals surface area contributed by atoms with E-state index in [0.717, 1.165) is 24.9 Å². The second-order valence-electron chi connectivity index (χ2n) is 7.34. The van der Waals surface area contributed by atoms with Crippen LogP contribution < -0.4 is 20.1 Å². The summed E-state index contributed by atoms with van der Waals surface area (Å²) in [7, 11) is 1.55. The number of anilines is 1. The number of carbonyl (C=O) groups excluding carboxylic acids is 1. The predicted octanol–water partition coefficient (Wildman–Crippen LogP) is 4.05. The third kappa shape index (κ3) is 3.83. The highest BCUT2D eigenvalue weighted by molar-refractivity contribution is 6.04. The summed E-state index contributed by atoms with van der Waals surface area (Å²) in [5.74, 6) is 0.425. The SMILES string of the molecule is COc1cc(C(=O)Nc2ccc3c(c2F)CCNC3)ccc1OC1CCCC1. The number of rotatable bonds is 5. The summed E-state index contributed by atoms with van der Waals surface area (Å²) >= 11 is 0. The van der Waals surface area contributed by atoms with Gasteiger partial charge < -0.3 is 20.1 Å². The zero-order valence-electron chi connectivity index (χ0n) is 16.0. The normalized spacial score (nSPS) is 16.5. The molecule has 1 heterocycles. The van der Waals surface area contributed by atoms with Crippen LogP contribution >= 0.6 is 0 Å². The fraction of sp³-hybridized carbons (Fsp3) is 0.409. The van der Waals surface area contributed by atoms with Crippen LogP contribution in [0.2, 0.25) is 0 Å². The summed E-state index contributed by atoms with van der Waals surface area (Å²) in [5.41, 5.74) is 2.22. The van der Waals surface area contributed by atoms with E-state index in [1.54, 1.807) is 31.4 Å². The molecule has 2 aromatic rings. The van der Waals surface area contributed by atoms with Crippen LogP contribution in [-0.4, -0.2) is 25.7 Å². The zero-order chi connectivity index (χ0) is 19.5. The van der Waals surface area contributed by atoms with Gasteiger partial charge >= 0.3 is 0 Å². The first-order valence-corrected chi connectivity index (χ1v) is 9.82. The summed E-state index contributed by atoms with van der Waals surface area (Å²) in [4.78, 5) is 12.7. The van der Waals surface area contributed by atoms with Crippen LogP contribution in [0.25, 0.3) is 0 Å². The largest absolute Gasteiger partial charge is 0.493 e. The van der Waals surface area contributed by atoms with E-state index in [1.165, 1.54) is 12.8 Å². The standard InChI is InChI=1S/C22H25FN2O3/c1-27-20-12-14(7-9-19(20)28-16-4-2-3-5-16)22(26)25-18-8-6-15-13-24-11-10-17(15)21(18)23/h6-9,12,16,24H,2-5,10-11,13H2,1H3,(H,25,26). The molecule has 6 heteroatoms. The Morgan fingerprint density at radius 3 is 2.79 bits per heavy atom. The van der Waals surface area contributed by atoms with Gasteiger partial charge in [-0.25, -0.2) is 4.39 Å². The second-order valence-corrected chi connectivity index (χ2v) is 7.34. The highest BCUT2D eigenvalue weighted by Gasteiger charge is 2.21.